The third kappa shape index (κ3) is 6.56. The second kappa shape index (κ2) is 10.2. The van der Waals surface area contributed by atoms with Gasteiger partial charge in [0.05, 0.1) is 12.7 Å². The van der Waals surface area contributed by atoms with Crippen molar-refractivity contribution in [3.63, 3.8) is 0 Å². The normalized spacial score (nSPS) is 33.4. The van der Waals surface area contributed by atoms with Crippen LogP contribution in [0.3, 0.4) is 0 Å². The highest BCUT2D eigenvalue weighted by Gasteiger charge is 2.38. The molecule has 1 aromatic rings. The van der Waals surface area contributed by atoms with E-state index < -0.39 is 82.6 Å². The fourth-order valence-corrected chi connectivity index (χ4v) is 5.37. The van der Waals surface area contributed by atoms with E-state index in [1.807, 2.05) is 0 Å². The highest BCUT2D eigenvalue weighted by Crippen LogP contribution is 2.56. The van der Waals surface area contributed by atoms with Gasteiger partial charge in [0.1, 0.15) is 24.5 Å². The first kappa shape index (κ1) is 27.0. The number of hydrogen-bond acceptors (Lipinski definition) is 14. The molecule has 0 bridgehead atoms. The number of rotatable bonds is 8. The molecule has 2 fully saturated rings. The Bertz CT molecular complexity index is 1120. The standard InChI is InChI=1S/C16H24N2O14P2/c1-7-5-18(16(23)17-15(7)22)12-3-9(19)11(30-12)6-28-33(24,25)32-34(26,27)31-13-4-10(20)14(21)8(2)29-13/h5,8-13,19-20H,3-4,6H2,1-2H3,(H,24,25)(H,26,27)(H,17,22,23)/p-2/t8-,9-,10-,11+,12+,13+/m0/s1. The SMILES string of the molecule is Cc1cn([C@H]2C[C@H](O)[C@@H](COP(=O)([O-])OP(=O)([O-])O[C@@H]3C[C@H](O)C(=O)[C@H](C)O3)O2)c(=O)[nH]c1=O. The number of aliphatic hydroxyl groups is 2. The molecule has 2 aliphatic rings. The fourth-order valence-electron chi connectivity index (χ4n) is 3.30. The van der Waals surface area contributed by atoms with E-state index in [2.05, 4.69) is 18.3 Å². The number of aliphatic hydroxyl groups excluding tert-OH is 2. The van der Waals surface area contributed by atoms with Crippen LogP contribution in [0.25, 0.3) is 0 Å². The average molecular weight is 528 g/mol. The minimum atomic E-state index is -5.59. The van der Waals surface area contributed by atoms with Gasteiger partial charge in [0.2, 0.25) is 0 Å². The van der Waals surface area contributed by atoms with Crippen LogP contribution in [0.2, 0.25) is 0 Å². The molecule has 34 heavy (non-hydrogen) atoms. The molecule has 1 aromatic heterocycles. The molecule has 0 aliphatic carbocycles. The zero-order valence-electron chi connectivity index (χ0n) is 17.8. The predicted octanol–water partition coefficient (Wildman–Crippen LogP) is -2.46. The van der Waals surface area contributed by atoms with Crippen molar-refractivity contribution in [2.45, 2.75) is 63.6 Å². The summed E-state index contributed by atoms with van der Waals surface area (Å²) in [5.74, 6) is -0.702. The molecule has 0 saturated carbocycles. The monoisotopic (exact) mass is 528 g/mol. The van der Waals surface area contributed by atoms with Gasteiger partial charge in [0.15, 0.2) is 12.1 Å². The molecule has 3 N–H and O–H groups in total. The Morgan fingerprint density at radius 1 is 1.18 bits per heavy atom. The van der Waals surface area contributed by atoms with Crippen molar-refractivity contribution < 1.29 is 56.8 Å². The van der Waals surface area contributed by atoms with Gasteiger partial charge >= 0.3 is 5.69 Å². The predicted molar refractivity (Wildman–Crippen MR) is 104 cm³/mol. The molecule has 0 aromatic carbocycles. The number of hydrogen-bond donors (Lipinski definition) is 3. The summed E-state index contributed by atoms with van der Waals surface area (Å²) in [6.45, 7) is 1.80. The molecule has 18 heteroatoms. The van der Waals surface area contributed by atoms with E-state index in [1.54, 1.807) is 0 Å². The van der Waals surface area contributed by atoms with Crippen molar-refractivity contribution in [3.8, 4) is 0 Å². The maximum atomic E-state index is 12.0. The lowest BCUT2D eigenvalue weighted by atomic mass is 10.1. The van der Waals surface area contributed by atoms with Crippen molar-refractivity contribution in [2.75, 3.05) is 6.61 Å². The molecule has 3 rings (SSSR count). The molecule has 3 heterocycles. The molecule has 0 amide bonds. The Balaban J connectivity index is 1.57. The Kier molecular flexibility index (Phi) is 8.12. The van der Waals surface area contributed by atoms with Gasteiger partial charge in [-0.15, -0.1) is 0 Å². The molecule has 0 radical (unpaired) electrons. The summed E-state index contributed by atoms with van der Waals surface area (Å²) in [5, 5.41) is 19.7. The molecular formula is C16H22N2O14P2-2. The van der Waals surface area contributed by atoms with Crippen LogP contribution < -0.4 is 21.0 Å². The zero-order valence-corrected chi connectivity index (χ0v) is 19.6. The third-order valence-electron chi connectivity index (χ3n) is 5.00. The zero-order chi connectivity index (χ0) is 25.4. The number of phosphoric ester groups is 2. The molecule has 0 spiro atoms. The van der Waals surface area contributed by atoms with Gasteiger partial charge in [0.25, 0.3) is 21.2 Å². The number of Topliss-reactive ketones (excluding diaryl/α,β-unsaturated/α-hetero) is 1. The van der Waals surface area contributed by atoms with Crippen molar-refractivity contribution in [2.24, 2.45) is 0 Å². The fraction of sp³-hybridized carbons (Fsp3) is 0.688. The Labute approximate surface area is 191 Å². The number of aryl methyl sites for hydroxylation is 1. The highest BCUT2D eigenvalue weighted by molar-refractivity contribution is 7.59. The van der Waals surface area contributed by atoms with E-state index >= 15 is 0 Å². The van der Waals surface area contributed by atoms with Gasteiger partial charge < -0.3 is 34.0 Å². The maximum absolute atomic E-state index is 12.0. The largest absolute Gasteiger partial charge is 0.756 e. The van der Waals surface area contributed by atoms with Gasteiger partial charge in [-0.1, -0.05) is 0 Å². The molecule has 2 saturated heterocycles. The Morgan fingerprint density at radius 2 is 1.85 bits per heavy atom. The summed E-state index contributed by atoms with van der Waals surface area (Å²) < 4.78 is 48.1. The summed E-state index contributed by atoms with van der Waals surface area (Å²) in [7, 11) is -11.2. The van der Waals surface area contributed by atoms with E-state index in [1.165, 1.54) is 20.0 Å². The number of nitrogens with one attached hydrogen (secondary N) is 1. The van der Waals surface area contributed by atoms with Crippen LogP contribution in [0.4, 0.5) is 0 Å². The summed E-state index contributed by atoms with van der Waals surface area (Å²) in [6, 6.07) is 0. The number of ether oxygens (including phenoxy) is 2. The van der Waals surface area contributed by atoms with Crippen molar-refractivity contribution in [1.82, 2.24) is 9.55 Å². The molecule has 8 atom stereocenters. The number of H-pyrrole nitrogens is 1. The minimum absolute atomic E-state index is 0.162. The number of carbonyl (C=O) groups is 1. The smallest absolute Gasteiger partial charge is 0.330 e. The quantitative estimate of drug-likeness (QED) is 0.297. The van der Waals surface area contributed by atoms with Crippen molar-refractivity contribution in [1.29, 1.82) is 0 Å². The second-order valence-electron chi connectivity index (χ2n) is 7.65. The number of ketones is 1. The first-order valence-electron chi connectivity index (χ1n) is 9.86. The summed E-state index contributed by atoms with van der Waals surface area (Å²) in [6.07, 6.45) is -7.65. The van der Waals surface area contributed by atoms with Gasteiger partial charge in [-0.05, 0) is 13.8 Å². The van der Waals surface area contributed by atoms with Crippen LogP contribution in [0.5, 0.6) is 0 Å². The minimum Gasteiger partial charge on any atom is -0.756 e. The summed E-state index contributed by atoms with van der Waals surface area (Å²) >= 11 is 0. The average Bonchev–Trinajstić information content (AvgIpc) is 3.06. The van der Waals surface area contributed by atoms with Crippen molar-refractivity contribution >= 4 is 21.4 Å². The molecule has 2 aliphatic heterocycles. The number of aromatic amines is 1. The number of phosphoric acid groups is 2. The Hall–Kier alpha value is -1.55. The van der Waals surface area contributed by atoms with E-state index in [-0.39, 0.29) is 12.0 Å². The van der Waals surface area contributed by atoms with E-state index in [4.69, 9.17) is 9.47 Å². The van der Waals surface area contributed by atoms with Gasteiger partial charge in [-0.2, -0.15) is 0 Å². The maximum Gasteiger partial charge on any atom is 0.330 e. The lowest BCUT2D eigenvalue weighted by Gasteiger charge is -2.36. The summed E-state index contributed by atoms with van der Waals surface area (Å²) in [4.78, 5) is 60.9. The van der Waals surface area contributed by atoms with Crippen LogP contribution in [-0.2, 0) is 36.8 Å². The van der Waals surface area contributed by atoms with E-state index in [0.717, 1.165) is 4.57 Å². The molecule has 16 nitrogen and oxygen atoms in total. The Morgan fingerprint density at radius 3 is 2.50 bits per heavy atom. The van der Waals surface area contributed by atoms with Crippen LogP contribution in [0.15, 0.2) is 15.8 Å². The second-order valence-corrected chi connectivity index (χ2v) is 10.6. The molecular weight excluding hydrogens is 506 g/mol. The topological polar surface area (TPSA) is 239 Å². The summed E-state index contributed by atoms with van der Waals surface area (Å²) in [5.41, 5.74) is -1.24. The first-order chi connectivity index (χ1) is 15.7. The van der Waals surface area contributed by atoms with Crippen molar-refractivity contribution in [3.05, 3.63) is 32.6 Å². The highest BCUT2D eigenvalue weighted by atomic mass is 31.3. The van der Waals surface area contributed by atoms with Gasteiger partial charge in [-0.25, -0.2) is 9.11 Å². The van der Waals surface area contributed by atoms with Gasteiger partial charge in [0, 0.05) is 24.6 Å². The lowest BCUT2D eigenvalue weighted by Crippen LogP contribution is -2.44. The lowest BCUT2D eigenvalue weighted by molar-refractivity contribution is -0.262. The van der Waals surface area contributed by atoms with Crippen LogP contribution in [0.1, 0.15) is 31.6 Å². The van der Waals surface area contributed by atoms with Crippen LogP contribution in [0, 0.1) is 6.92 Å². The first-order valence-corrected chi connectivity index (χ1v) is 12.8. The number of aromatic nitrogens is 2. The van der Waals surface area contributed by atoms with E-state index in [9.17, 15) is 43.5 Å². The third-order valence-corrected chi connectivity index (χ3v) is 7.56. The molecule has 192 valence electrons. The van der Waals surface area contributed by atoms with E-state index in [0.29, 0.717) is 0 Å². The number of carbonyl (C=O) groups excluding carboxylic acids is 1. The van der Waals surface area contributed by atoms with Gasteiger partial charge in [-0.3, -0.25) is 32.8 Å². The van der Waals surface area contributed by atoms with Crippen LogP contribution >= 0.6 is 15.6 Å². The van der Waals surface area contributed by atoms with Crippen LogP contribution in [-0.4, -0.2) is 62.9 Å². The molecule has 2 unspecified atom stereocenters. The number of nitrogens with zero attached hydrogens (tertiary/aromatic N) is 1.